The van der Waals surface area contributed by atoms with Gasteiger partial charge in [-0.05, 0) is 71.9 Å². The number of H-pyrrole nitrogens is 1. The van der Waals surface area contributed by atoms with E-state index in [2.05, 4.69) is 15.3 Å². The van der Waals surface area contributed by atoms with E-state index in [9.17, 15) is 0 Å². The molecule has 30 heavy (non-hydrogen) atoms. The third kappa shape index (κ3) is 4.64. The summed E-state index contributed by atoms with van der Waals surface area (Å²) < 4.78 is 13.0. The van der Waals surface area contributed by atoms with Gasteiger partial charge in [0.05, 0.1) is 13.3 Å². The molecule has 0 radical (unpaired) electrons. The predicted molar refractivity (Wildman–Crippen MR) is 120 cm³/mol. The SMILES string of the molecule is COc1ccc(-c2n[nH]c(=S)n2/N=C\c2ccc(OCc3ccccc3)cc2)cc1. The van der Waals surface area contributed by atoms with Crippen molar-refractivity contribution in [2.45, 2.75) is 6.61 Å². The number of ether oxygens (including phenoxy) is 2. The molecule has 0 aliphatic rings. The van der Waals surface area contributed by atoms with Crippen LogP contribution in [0.2, 0.25) is 0 Å². The van der Waals surface area contributed by atoms with Gasteiger partial charge in [-0.25, -0.2) is 5.10 Å². The average Bonchev–Trinajstić information content (AvgIpc) is 3.18. The molecular weight excluding hydrogens is 396 g/mol. The Morgan fingerprint density at radius 1 is 0.967 bits per heavy atom. The number of aromatic nitrogens is 3. The Hall–Kier alpha value is -3.71. The molecule has 0 amide bonds. The number of methoxy groups -OCH3 is 1. The van der Waals surface area contributed by atoms with Crippen LogP contribution in [0.15, 0.2) is 84.0 Å². The monoisotopic (exact) mass is 416 g/mol. The van der Waals surface area contributed by atoms with Gasteiger partial charge < -0.3 is 9.47 Å². The first-order chi connectivity index (χ1) is 14.7. The zero-order valence-electron chi connectivity index (χ0n) is 16.4. The average molecular weight is 417 g/mol. The highest BCUT2D eigenvalue weighted by molar-refractivity contribution is 7.71. The van der Waals surface area contributed by atoms with E-state index >= 15 is 0 Å². The molecular formula is C23H20N4O2S. The number of rotatable bonds is 7. The fraction of sp³-hybridized carbons (Fsp3) is 0.0870. The van der Waals surface area contributed by atoms with E-state index < -0.39 is 0 Å². The van der Waals surface area contributed by atoms with Crippen molar-refractivity contribution in [1.29, 1.82) is 0 Å². The van der Waals surface area contributed by atoms with Crippen LogP contribution in [0, 0.1) is 4.77 Å². The van der Waals surface area contributed by atoms with Gasteiger partial charge in [-0.15, -0.1) is 0 Å². The van der Waals surface area contributed by atoms with Crippen LogP contribution in [0.5, 0.6) is 11.5 Å². The van der Waals surface area contributed by atoms with Crippen molar-refractivity contribution in [1.82, 2.24) is 14.9 Å². The molecule has 0 saturated heterocycles. The normalized spacial score (nSPS) is 11.0. The van der Waals surface area contributed by atoms with Crippen molar-refractivity contribution in [3.05, 3.63) is 94.8 Å². The summed E-state index contributed by atoms with van der Waals surface area (Å²) in [5, 5.41) is 11.6. The molecule has 0 aliphatic carbocycles. The van der Waals surface area contributed by atoms with Crippen molar-refractivity contribution >= 4 is 18.4 Å². The van der Waals surface area contributed by atoms with Gasteiger partial charge in [0.15, 0.2) is 5.82 Å². The highest BCUT2D eigenvalue weighted by Gasteiger charge is 2.08. The van der Waals surface area contributed by atoms with Gasteiger partial charge in [0.2, 0.25) is 4.77 Å². The predicted octanol–water partition coefficient (Wildman–Crippen LogP) is 5.08. The zero-order chi connectivity index (χ0) is 20.8. The van der Waals surface area contributed by atoms with Crippen LogP contribution in [0.4, 0.5) is 0 Å². The summed E-state index contributed by atoms with van der Waals surface area (Å²) >= 11 is 5.33. The maximum Gasteiger partial charge on any atom is 0.216 e. The smallest absolute Gasteiger partial charge is 0.216 e. The number of benzene rings is 3. The molecule has 3 aromatic carbocycles. The minimum Gasteiger partial charge on any atom is -0.497 e. The molecule has 0 aliphatic heterocycles. The number of nitrogens with zero attached hydrogens (tertiary/aromatic N) is 3. The van der Waals surface area contributed by atoms with Crippen LogP contribution >= 0.6 is 12.2 Å². The van der Waals surface area contributed by atoms with Gasteiger partial charge in [0.25, 0.3) is 0 Å². The molecule has 0 atom stereocenters. The molecule has 7 heteroatoms. The van der Waals surface area contributed by atoms with E-state index in [4.69, 9.17) is 21.7 Å². The molecule has 1 heterocycles. The van der Waals surface area contributed by atoms with Gasteiger partial charge in [-0.1, -0.05) is 30.3 Å². The van der Waals surface area contributed by atoms with Crippen molar-refractivity contribution in [2.75, 3.05) is 7.11 Å². The first-order valence-corrected chi connectivity index (χ1v) is 9.77. The third-order valence-electron chi connectivity index (χ3n) is 4.45. The lowest BCUT2D eigenvalue weighted by atomic mass is 10.2. The van der Waals surface area contributed by atoms with Crippen molar-refractivity contribution < 1.29 is 9.47 Å². The topological polar surface area (TPSA) is 64.4 Å². The van der Waals surface area contributed by atoms with Crippen LogP contribution in [-0.4, -0.2) is 28.2 Å². The summed E-state index contributed by atoms with van der Waals surface area (Å²) in [7, 11) is 1.63. The van der Waals surface area contributed by atoms with E-state index in [1.165, 1.54) is 0 Å². The highest BCUT2D eigenvalue weighted by atomic mass is 32.1. The fourth-order valence-corrected chi connectivity index (χ4v) is 3.02. The van der Waals surface area contributed by atoms with Crippen molar-refractivity contribution in [3.8, 4) is 22.9 Å². The Bertz CT molecular complexity index is 1180. The number of hydrogen-bond acceptors (Lipinski definition) is 5. The fourth-order valence-electron chi connectivity index (χ4n) is 2.84. The van der Waals surface area contributed by atoms with Crippen LogP contribution in [0.1, 0.15) is 11.1 Å². The Kier molecular flexibility index (Phi) is 6.01. The standard InChI is InChI=1S/C23H20N4O2S/c1-28-20-13-9-19(10-14-20)22-25-26-23(30)27(22)24-15-17-7-11-21(12-8-17)29-16-18-5-3-2-4-6-18/h2-15H,16H2,1H3,(H,26,30)/b24-15-. The quantitative estimate of drug-likeness (QED) is 0.337. The molecule has 6 nitrogen and oxygen atoms in total. The molecule has 150 valence electrons. The summed E-state index contributed by atoms with van der Waals surface area (Å²) in [6.45, 7) is 0.531. The van der Waals surface area contributed by atoms with Crippen LogP contribution in [0.3, 0.4) is 0 Å². The molecule has 0 fully saturated rings. The van der Waals surface area contributed by atoms with Crippen molar-refractivity contribution in [2.24, 2.45) is 5.10 Å². The Morgan fingerprint density at radius 3 is 2.37 bits per heavy atom. The molecule has 0 spiro atoms. The van der Waals surface area contributed by atoms with Crippen LogP contribution in [0.25, 0.3) is 11.4 Å². The molecule has 0 bridgehead atoms. The second-order valence-electron chi connectivity index (χ2n) is 6.48. The molecule has 0 unspecified atom stereocenters. The molecule has 1 N–H and O–H groups in total. The Morgan fingerprint density at radius 2 is 1.67 bits per heavy atom. The second kappa shape index (κ2) is 9.19. The van der Waals surface area contributed by atoms with Gasteiger partial charge in [0.1, 0.15) is 18.1 Å². The lowest BCUT2D eigenvalue weighted by molar-refractivity contribution is 0.306. The summed E-state index contributed by atoms with van der Waals surface area (Å²) in [6.07, 6.45) is 1.74. The van der Waals surface area contributed by atoms with E-state index in [1.807, 2.05) is 78.9 Å². The lowest BCUT2D eigenvalue weighted by Crippen LogP contribution is -1.96. The number of hydrogen-bond donors (Lipinski definition) is 1. The maximum absolute atomic E-state index is 5.82. The first kappa shape index (κ1) is 19.6. The number of aromatic amines is 1. The van der Waals surface area contributed by atoms with Gasteiger partial charge in [-0.3, -0.25) is 0 Å². The first-order valence-electron chi connectivity index (χ1n) is 9.36. The molecule has 4 aromatic rings. The van der Waals surface area contributed by atoms with E-state index in [-0.39, 0.29) is 0 Å². The number of nitrogens with one attached hydrogen (secondary N) is 1. The van der Waals surface area contributed by atoms with Gasteiger partial charge in [0, 0.05) is 5.56 Å². The Balaban J connectivity index is 1.47. The van der Waals surface area contributed by atoms with E-state index in [0.29, 0.717) is 17.2 Å². The van der Waals surface area contributed by atoms with Crippen LogP contribution < -0.4 is 9.47 Å². The summed E-state index contributed by atoms with van der Waals surface area (Å²) in [4.78, 5) is 0. The summed E-state index contributed by atoms with van der Waals surface area (Å²) in [6, 6.07) is 25.4. The highest BCUT2D eigenvalue weighted by Crippen LogP contribution is 2.21. The Labute approximate surface area is 179 Å². The van der Waals surface area contributed by atoms with Gasteiger partial charge in [-0.2, -0.15) is 14.9 Å². The molecule has 1 aromatic heterocycles. The van der Waals surface area contributed by atoms with Crippen LogP contribution in [-0.2, 0) is 6.61 Å². The zero-order valence-corrected chi connectivity index (χ0v) is 17.2. The maximum atomic E-state index is 5.82. The molecule has 4 rings (SSSR count). The van der Waals surface area contributed by atoms with Crippen molar-refractivity contribution in [3.63, 3.8) is 0 Å². The minimum absolute atomic E-state index is 0.417. The minimum atomic E-state index is 0.417. The summed E-state index contributed by atoms with van der Waals surface area (Å²) in [5.74, 6) is 2.20. The van der Waals surface area contributed by atoms with E-state index in [0.717, 1.165) is 28.2 Å². The summed E-state index contributed by atoms with van der Waals surface area (Å²) in [5.41, 5.74) is 2.93. The second-order valence-corrected chi connectivity index (χ2v) is 6.87. The van der Waals surface area contributed by atoms with E-state index in [1.54, 1.807) is 18.0 Å². The van der Waals surface area contributed by atoms with Gasteiger partial charge >= 0.3 is 0 Å². The lowest BCUT2D eigenvalue weighted by Gasteiger charge is -2.06. The third-order valence-corrected chi connectivity index (χ3v) is 4.71. The molecule has 0 saturated carbocycles. The largest absolute Gasteiger partial charge is 0.497 e.